The van der Waals surface area contributed by atoms with E-state index >= 15 is 0 Å². The molecule has 0 bridgehead atoms. The van der Waals surface area contributed by atoms with Crippen LogP contribution in [-0.2, 0) is 0 Å². The number of carboxylic acids is 1. The molecule has 80 valence electrons. The summed E-state index contributed by atoms with van der Waals surface area (Å²) in [5.74, 6) is -2.51. The van der Waals surface area contributed by atoms with Crippen molar-refractivity contribution in [1.82, 2.24) is 4.98 Å². The number of aromatic nitrogens is 1. The number of rotatable bonds is 3. The fraction of sp³-hybridized carbons (Fsp3) is 0.143. The first-order chi connectivity index (χ1) is 6.91. The summed E-state index contributed by atoms with van der Waals surface area (Å²) in [5.41, 5.74) is -1.52. The minimum absolute atomic E-state index is 0.539. The maximum Gasteiger partial charge on any atom is 0.380 e. The molecule has 1 aromatic rings. The first-order valence-electron chi connectivity index (χ1n) is 3.59. The lowest BCUT2D eigenvalue weighted by Crippen LogP contribution is -2.05. The Kier molecular flexibility index (Phi) is 2.88. The number of carbonyl (C=O) groups is 1. The number of hydrogen-bond acceptors (Lipinski definition) is 4. The fourth-order valence-corrected chi connectivity index (χ4v) is 0.866. The van der Waals surface area contributed by atoms with E-state index in [1.165, 1.54) is 0 Å². The molecule has 0 fully saturated rings. The average molecular weight is 218 g/mol. The van der Waals surface area contributed by atoms with E-state index in [9.17, 15) is 23.7 Å². The molecule has 0 unspecified atom stereocenters. The predicted octanol–water partition coefficient (Wildman–Crippen LogP) is 1.63. The molecule has 0 aromatic carbocycles. The van der Waals surface area contributed by atoms with Crippen molar-refractivity contribution in [2.75, 3.05) is 0 Å². The smallest absolute Gasteiger partial charge is 0.380 e. The minimum atomic E-state index is -2.98. The molecule has 1 heterocycles. The van der Waals surface area contributed by atoms with Crippen LogP contribution in [0.1, 0.15) is 22.5 Å². The van der Waals surface area contributed by atoms with Crippen molar-refractivity contribution in [2.24, 2.45) is 0 Å². The Hall–Kier alpha value is -2.12. The van der Waals surface area contributed by atoms with Gasteiger partial charge in [-0.2, -0.15) is 0 Å². The van der Waals surface area contributed by atoms with E-state index in [-0.39, 0.29) is 0 Å². The van der Waals surface area contributed by atoms with Crippen LogP contribution in [0.3, 0.4) is 0 Å². The molecule has 6 nitrogen and oxygen atoms in total. The van der Waals surface area contributed by atoms with E-state index < -0.39 is 34.4 Å². The molecule has 1 aromatic heterocycles. The van der Waals surface area contributed by atoms with Gasteiger partial charge in [-0.1, -0.05) is 0 Å². The van der Waals surface area contributed by atoms with Crippen molar-refractivity contribution in [2.45, 2.75) is 6.43 Å². The Morgan fingerprint density at radius 2 is 2.13 bits per heavy atom. The van der Waals surface area contributed by atoms with E-state index in [1.807, 2.05) is 0 Å². The Morgan fingerprint density at radius 3 is 2.53 bits per heavy atom. The van der Waals surface area contributed by atoms with E-state index in [2.05, 4.69) is 4.98 Å². The van der Waals surface area contributed by atoms with E-state index in [1.54, 1.807) is 0 Å². The zero-order valence-corrected chi connectivity index (χ0v) is 7.05. The van der Waals surface area contributed by atoms with Crippen molar-refractivity contribution in [3.8, 4) is 0 Å². The van der Waals surface area contributed by atoms with Gasteiger partial charge in [0.1, 0.15) is 0 Å². The normalized spacial score (nSPS) is 10.3. The molecule has 15 heavy (non-hydrogen) atoms. The molecule has 1 rings (SSSR count). The van der Waals surface area contributed by atoms with Gasteiger partial charge in [0.2, 0.25) is 0 Å². The molecule has 0 saturated carbocycles. The summed E-state index contributed by atoms with van der Waals surface area (Å²) >= 11 is 0. The summed E-state index contributed by atoms with van der Waals surface area (Å²) in [6, 6.07) is 1.14. The summed E-state index contributed by atoms with van der Waals surface area (Å²) in [7, 11) is 0. The molecule has 8 heteroatoms. The van der Waals surface area contributed by atoms with Crippen molar-refractivity contribution < 1.29 is 23.6 Å². The minimum Gasteiger partial charge on any atom is -0.475 e. The highest BCUT2D eigenvalue weighted by Crippen LogP contribution is 2.22. The maximum atomic E-state index is 12.2. The number of aromatic carboxylic acids is 1. The van der Waals surface area contributed by atoms with Gasteiger partial charge in [-0.3, -0.25) is 0 Å². The van der Waals surface area contributed by atoms with Gasteiger partial charge in [-0.25, -0.2) is 13.6 Å². The van der Waals surface area contributed by atoms with Crippen LogP contribution in [0.15, 0.2) is 12.1 Å². The van der Waals surface area contributed by atoms with Crippen molar-refractivity contribution >= 4 is 11.8 Å². The van der Waals surface area contributed by atoms with E-state index in [4.69, 9.17) is 5.11 Å². The quantitative estimate of drug-likeness (QED) is 0.614. The summed E-state index contributed by atoms with van der Waals surface area (Å²) < 4.78 is 24.4. The highest BCUT2D eigenvalue weighted by atomic mass is 19.3. The SMILES string of the molecule is O=C(O)c1cc(C(F)F)cc([N+](=O)[O-])n1. The van der Waals surface area contributed by atoms with Gasteiger partial charge in [-0.05, 0) is 9.91 Å². The average Bonchev–Trinajstić information content (AvgIpc) is 2.16. The summed E-state index contributed by atoms with van der Waals surface area (Å²) in [5, 5.41) is 18.7. The highest BCUT2D eigenvalue weighted by molar-refractivity contribution is 5.85. The van der Waals surface area contributed by atoms with Crippen LogP contribution < -0.4 is 0 Å². The van der Waals surface area contributed by atoms with Gasteiger partial charge in [0, 0.05) is 17.7 Å². The molecule has 0 saturated heterocycles. The number of nitro groups is 1. The molecule has 0 amide bonds. The largest absolute Gasteiger partial charge is 0.475 e. The van der Waals surface area contributed by atoms with Crippen LogP contribution in [0.4, 0.5) is 14.6 Å². The lowest BCUT2D eigenvalue weighted by atomic mass is 10.2. The van der Waals surface area contributed by atoms with Crippen LogP contribution >= 0.6 is 0 Å². The molecule has 0 spiro atoms. The molecule has 0 aliphatic carbocycles. The number of hydrogen-bond donors (Lipinski definition) is 1. The number of nitrogens with zero attached hydrogens (tertiary/aromatic N) is 2. The Labute approximate surface area is 81.3 Å². The maximum absolute atomic E-state index is 12.2. The van der Waals surface area contributed by atoms with E-state index in [0.29, 0.717) is 12.1 Å². The molecule has 1 N–H and O–H groups in total. The zero-order chi connectivity index (χ0) is 11.6. The number of alkyl halides is 2. The summed E-state index contributed by atoms with van der Waals surface area (Å²) in [4.78, 5) is 22.7. The van der Waals surface area contributed by atoms with Gasteiger partial charge < -0.3 is 15.2 Å². The summed E-state index contributed by atoms with van der Waals surface area (Å²) in [6.07, 6.45) is -2.98. The Balaban J connectivity index is 3.32. The van der Waals surface area contributed by atoms with Crippen molar-refractivity contribution in [3.63, 3.8) is 0 Å². The van der Waals surface area contributed by atoms with Gasteiger partial charge in [-0.15, -0.1) is 0 Å². The highest BCUT2D eigenvalue weighted by Gasteiger charge is 2.21. The zero-order valence-electron chi connectivity index (χ0n) is 7.05. The molecule has 0 aliphatic heterocycles. The monoisotopic (exact) mass is 218 g/mol. The lowest BCUT2D eigenvalue weighted by molar-refractivity contribution is -0.389. The predicted molar refractivity (Wildman–Crippen MR) is 42.8 cm³/mol. The van der Waals surface area contributed by atoms with Crippen LogP contribution in [-0.4, -0.2) is 21.0 Å². The second-order valence-electron chi connectivity index (χ2n) is 2.51. The second kappa shape index (κ2) is 3.95. The second-order valence-corrected chi connectivity index (χ2v) is 2.51. The number of pyridine rings is 1. The third-order valence-corrected chi connectivity index (χ3v) is 1.49. The third kappa shape index (κ3) is 2.42. The van der Waals surface area contributed by atoms with Crippen LogP contribution in [0, 0.1) is 10.1 Å². The van der Waals surface area contributed by atoms with Crippen LogP contribution in [0.2, 0.25) is 0 Å². The van der Waals surface area contributed by atoms with Gasteiger partial charge in [0.05, 0.1) is 0 Å². The van der Waals surface area contributed by atoms with Gasteiger partial charge >= 0.3 is 11.8 Å². The van der Waals surface area contributed by atoms with E-state index in [0.717, 1.165) is 0 Å². The van der Waals surface area contributed by atoms with Crippen molar-refractivity contribution in [3.05, 3.63) is 33.5 Å². The fourth-order valence-electron chi connectivity index (χ4n) is 0.866. The molecular weight excluding hydrogens is 214 g/mol. The topological polar surface area (TPSA) is 93.3 Å². The van der Waals surface area contributed by atoms with Crippen LogP contribution in [0.25, 0.3) is 0 Å². The Morgan fingerprint density at radius 1 is 1.53 bits per heavy atom. The lowest BCUT2D eigenvalue weighted by Gasteiger charge is -1.99. The first kappa shape index (κ1) is 11.0. The van der Waals surface area contributed by atoms with Gasteiger partial charge in [0.25, 0.3) is 12.1 Å². The Bertz CT molecular complexity index is 389. The number of halogens is 2. The molecule has 0 aliphatic rings. The molecule has 0 radical (unpaired) electrons. The van der Waals surface area contributed by atoms with Crippen molar-refractivity contribution in [1.29, 1.82) is 0 Å². The summed E-state index contributed by atoms with van der Waals surface area (Å²) in [6.45, 7) is 0. The molecule has 0 atom stereocenters. The third-order valence-electron chi connectivity index (χ3n) is 1.49. The number of carboxylic acid groups (broad SMARTS) is 1. The molecular formula is C7H4F2N2O4. The van der Waals surface area contributed by atoms with Crippen LogP contribution in [0.5, 0.6) is 0 Å². The standard InChI is InChI=1S/C7H4F2N2O4/c8-6(9)3-1-4(7(12)13)10-5(2-3)11(14)15/h1-2,6H,(H,12,13). The van der Waals surface area contributed by atoms with Gasteiger partial charge in [0.15, 0.2) is 0 Å². The first-order valence-corrected chi connectivity index (χ1v) is 3.59.